The highest BCUT2D eigenvalue weighted by Gasteiger charge is 2.32. The number of halogens is 3. The quantitative estimate of drug-likeness (QED) is 0.452. The molecule has 0 bridgehead atoms. The van der Waals surface area contributed by atoms with Crippen molar-refractivity contribution in [3.8, 4) is 17.0 Å². The molecule has 2 aromatic heterocycles. The zero-order valence-electron chi connectivity index (χ0n) is 16.7. The number of alkyl halides is 3. The molecule has 0 aliphatic carbocycles. The molecule has 0 unspecified atom stereocenters. The Morgan fingerprint density at radius 3 is 2.61 bits per heavy atom. The van der Waals surface area contributed by atoms with Crippen molar-refractivity contribution in [2.24, 2.45) is 0 Å². The van der Waals surface area contributed by atoms with E-state index in [9.17, 15) is 18.0 Å². The van der Waals surface area contributed by atoms with E-state index in [4.69, 9.17) is 0 Å². The summed E-state index contributed by atoms with van der Waals surface area (Å²) in [5, 5.41) is 2.68. The molecule has 158 valence electrons. The maximum Gasteiger partial charge on any atom is 0.573 e. The van der Waals surface area contributed by atoms with Crippen LogP contribution in [0.5, 0.6) is 5.75 Å². The average Bonchev–Trinajstić information content (AvgIpc) is 3.12. The van der Waals surface area contributed by atoms with Crippen LogP contribution in [0.4, 0.5) is 18.9 Å². The van der Waals surface area contributed by atoms with Crippen LogP contribution in [0.2, 0.25) is 0 Å². The van der Waals surface area contributed by atoms with Gasteiger partial charge in [-0.25, -0.2) is 4.98 Å². The van der Waals surface area contributed by atoms with E-state index in [1.165, 1.54) is 18.2 Å². The molecule has 0 radical (unpaired) electrons. The number of benzene rings is 2. The van der Waals surface area contributed by atoms with Gasteiger partial charge in [0.1, 0.15) is 11.4 Å². The second-order valence-corrected chi connectivity index (χ2v) is 7.12. The number of hydrogen-bond donors (Lipinski definition) is 1. The lowest BCUT2D eigenvalue weighted by Crippen LogP contribution is -2.21. The van der Waals surface area contributed by atoms with Crippen LogP contribution in [-0.2, 0) is 0 Å². The number of fused-ring (bicyclic) bond motifs is 1. The fraction of sp³-hybridized carbons (Fsp3) is 0.130. The molecule has 1 amide bonds. The molecule has 0 saturated heterocycles. The van der Waals surface area contributed by atoms with Crippen molar-refractivity contribution < 1.29 is 22.7 Å². The predicted octanol–water partition coefficient (Wildman–Crippen LogP) is 5.77. The summed E-state index contributed by atoms with van der Waals surface area (Å²) in [6, 6.07) is 14.6. The molecule has 0 aliphatic rings. The molecule has 2 aromatic carbocycles. The van der Waals surface area contributed by atoms with Crippen molar-refractivity contribution in [1.82, 2.24) is 9.38 Å². The van der Waals surface area contributed by atoms with Gasteiger partial charge in [-0.1, -0.05) is 24.3 Å². The summed E-state index contributed by atoms with van der Waals surface area (Å²) < 4.78 is 43.9. The highest BCUT2D eigenvalue weighted by Crippen LogP contribution is 2.29. The maximum absolute atomic E-state index is 12.7. The first-order valence-electron chi connectivity index (χ1n) is 9.42. The standard InChI is InChI=1S/C23H18F3N3O2/c1-14-9-10-29-13-19(27-21(29)11-14)16-8-7-15(2)18(12-16)28-22(30)17-5-3-4-6-20(17)31-23(24,25)26/h3-13H,1-2H3,(H,28,30). The number of hydrogen-bond acceptors (Lipinski definition) is 3. The smallest absolute Gasteiger partial charge is 0.405 e. The van der Waals surface area contributed by atoms with Crippen molar-refractivity contribution in [3.05, 3.63) is 83.7 Å². The molecule has 8 heteroatoms. The lowest BCUT2D eigenvalue weighted by molar-refractivity contribution is -0.274. The van der Waals surface area contributed by atoms with Crippen LogP contribution in [0.15, 0.2) is 67.0 Å². The van der Waals surface area contributed by atoms with Gasteiger partial charge in [-0.15, -0.1) is 13.2 Å². The Labute approximate surface area is 176 Å². The van der Waals surface area contributed by atoms with Crippen molar-refractivity contribution in [2.75, 3.05) is 5.32 Å². The van der Waals surface area contributed by atoms with E-state index < -0.39 is 18.0 Å². The van der Waals surface area contributed by atoms with Gasteiger partial charge in [0.15, 0.2) is 0 Å². The van der Waals surface area contributed by atoms with Gasteiger partial charge in [0, 0.05) is 23.6 Å². The highest BCUT2D eigenvalue weighted by molar-refractivity contribution is 6.06. The molecule has 1 N–H and O–H groups in total. The third-order valence-corrected chi connectivity index (χ3v) is 4.75. The molecule has 0 atom stereocenters. The van der Waals surface area contributed by atoms with Crippen molar-refractivity contribution >= 4 is 17.2 Å². The van der Waals surface area contributed by atoms with Crippen LogP contribution in [0.3, 0.4) is 0 Å². The fourth-order valence-corrected chi connectivity index (χ4v) is 3.20. The summed E-state index contributed by atoms with van der Waals surface area (Å²) in [5.74, 6) is -1.26. The number of nitrogens with zero attached hydrogens (tertiary/aromatic N) is 2. The second kappa shape index (κ2) is 7.79. The summed E-state index contributed by atoms with van der Waals surface area (Å²) in [6.45, 7) is 3.78. The number of carbonyl (C=O) groups excluding carboxylic acids is 1. The number of aromatic nitrogens is 2. The molecule has 5 nitrogen and oxygen atoms in total. The van der Waals surface area contributed by atoms with E-state index in [0.29, 0.717) is 11.4 Å². The number of imidazole rings is 1. The summed E-state index contributed by atoms with van der Waals surface area (Å²) >= 11 is 0. The Bertz CT molecular complexity index is 1280. The number of ether oxygens (including phenoxy) is 1. The molecular weight excluding hydrogens is 407 g/mol. The zero-order chi connectivity index (χ0) is 22.2. The van der Waals surface area contributed by atoms with Gasteiger partial charge in [0.2, 0.25) is 0 Å². The topological polar surface area (TPSA) is 55.6 Å². The summed E-state index contributed by atoms with van der Waals surface area (Å²) in [4.78, 5) is 17.3. The molecule has 0 aliphatic heterocycles. The third kappa shape index (κ3) is 4.53. The van der Waals surface area contributed by atoms with Gasteiger partial charge in [-0.05, 0) is 55.3 Å². The van der Waals surface area contributed by atoms with Gasteiger partial charge < -0.3 is 14.5 Å². The predicted molar refractivity (Wildman–Crippen MR) is 111 cm³/mol. The number of pyridine rings is 1. The lowest BCUT2D eigenvalue weighted by atomic mass is 10.1. The van der Waals surface area contributed by atoms with Gasteiger partial charge in [0.05, 0.1) is 11.3 Å². The van der Waals surface area contributed by atoms with E-state index in [0.717, 1.165) is 28.4 Å². The van der Waals surface area contributed by atoms with E-state index in [2.05, 4.69) is 15.0 Å². The van der Waals surface area contributed by atoms with Crippen LogP contribution >= 0.6 is 0 Å². The highest BCUT2D eigenvalue weighted by atomic mass is 19.4. The first-order valence-corrected chi connectivity index (χ1v) is 9.42. The second-order valence-electron chi connectivity index (χ2n) is 7.12. The van der Waals surface area contributed by atoms with Gasteiger partial charge in [-0.2, -0.15) is 0 Å². The number of nitrogens with one attached hydrogen (secondary N) is 1. The largest absolute Gasteiger partial charge is 0.573 e. The monoisotopic (exact) mass is 425 g/mol. The fourth-order valence-electron chi connectivity index (χ4n) is 3.20. The minimum atomic E-state index is -4.90. The summed E-state index contributed by atoms with van der Waals surface area (Å²) in [6.07, 6.45) is -1.11. The lowest BCUT2D eigenvalue weighted by Gasteiger charge is -2.14. The minimum Gasteiger partial charge on any atom is -0.405 e. The van der Waals surface area contributed by atoms with Crippen LogP contribution < -0.4 is 10.1 Å². The Morgan fingerprint density at radius 1 is 1.06 bits per heavy atom. The average molecular weight is 425 g/mol. The van der Waals surface area contributed by atoms with Gasteiger partial charge >= 0.3 is 6.36 Å². The summed E-state index contributed by atoms with van der Waals surface area (Å²) in [7, 11) is 0. The molecule has 4 aromatic rings. The number of para-hydroxylation sites is 1. The zero-order valence-corrected chi connectivity index (χ0v) is 16.7. The normalized spacial score (nSPS) is 11.5. The molecule has 0 saturated carbocycles. The van der Waals surface area contributed by atoms with Crippen LogP contribution in [0.25, 0.3) is 16.9 Å². The van der Waals surface area contributed by atoms with E-state index in [1.54, 1.807) is 13.0 Å². The molecule has 4 rings (SSSR count). The van der Waals surface area contributed by atoms with Crippen LogP contribution in [0, 0.1) is 13.8 Å². The van der Waals surface area contributed by atoms with Crippen LogP contribution in [0.1, 0.15) is 21.5 Å². The summed E-state index contributed by atoms with van der Waals surface area (Å²) in [5.41, 5.74) is 4.36. The number of aryl methyl sites for hydroxylation is 2. The molecule has 2 heterocycles. The van der Waals surface area contributed by atoms with E-state index in [1.807, 2.05) is 48.0 Å². The number of anilines is 1. The minimum absolute atomic E-state index is 0.215. The molecular formula is C23H18F3N3O2. The van der Waals surface area contributed by atoms with Crippen molar-refractivity contribution in [3.63, 3.8) is 0 Å². The number of amides is 1. The van der Waals surface area contributed by atoms with E-state index >= 15 is 0 Å². The maximum atomic E-state index is 12.7. The Balaban J connectivity index is 1.64. The first-order chi connectivity index (χ1) is 14.7. The number of rotatable bonds is 4. The van der Waals surface area contributed by atoms with E-state index in [-0.39, 0.29) is 5.56 Å². The van der Waals surface area contributed by atoms with Gasteiger partial charge in [-0.3, -0.25) is 4.79 Å². The Morgan fingerprint density at radius 2 is 1.84 bits per heavy atom. The molecule has 0 fully saturated rings. The number of carbonyl (C=O) groups is 1. The first kappa shape index (κ1) is 20.5. The third-order valence-electron chi connectivity index (χ3n) is 4.75. The molecule has 0 spiro atoms. The Kier molecular flexibility index (Phi) is 5.14. The molecule has 31 heavy (non-hydrogen) atoms. The van der Waals surface area contributed by atoms with Gasteiger partial charge in [0.25, 0.3) is 5.91 Å². The van der Waals surface area contributed by atoms with Crippen molar-refractivity contribution in [2.45, 2.75) is 20.2 Å². The SMILES string of the molecule is Cc1ccn2cc(-c3ccc(C)c(NC(=O)c4ccccc4OC(F)(F)F)c3)nc2c1. The van der Waals surface area contributed by atoms with Crippen molar-refractivity contribution in [1.29, 1.82) is 0 Å². The Hall–Kier alpha value is -3.81. The van der Waals surface area contributed by atoms with Crippen LogP contribution in [-0.4, -0.2) is 21.7 Å².